The Kier molecular flexibility index (Phi) is 7.01. The number of aryl methyl sites for hydroxylation is 1. The van der Waals surface area contributed by atoms with Gasteiger partial charge in [-0.1, -0.05) is 39.7 Å². The molecule has 5 nitrogen and oxygen atoms in total. The van der Waals surface area contributed by atoms with Gasteiger partial charge in [-0.15, -0.1) is 0 Å². The van der Waals surface area contributed by atoms with Crippen LogP contribution in [0.15, 0.2) is 46.9 Å². The van der Waals surface area contributed by atoms with E-state index >= 15 is 0 Å². The first kappa shape index (κ1) is 21.1. The highest BCUT2D eigenvalue weighted by Gasteiger charge is 2.28. The van der Waals surface area contributed by atoms with Crippen molar-refractivity contribution < 1.29 is 13.2 Å². The molecule has 0 saturated carbocycles. The minimum Gasteiger partial charge on any atom is -0.325 e. The molecule has 2 aromatic carbocycles. The summed E-state index contributed by atoms with van der Waals surface area (Å²) in [7, 11) is -3.27. The van der Waals surface area contributed by atoms with Crippen LogP contribution in [0, 0.1) is 0 Å². The smallest absolute Gasteiger partial charge is 0.235 e. The van der Waals surface area contributed by atoms with E-state index in [2.05, 4.69) is 33.4 Å². The van der Waals surface area contributed by atoms with Crippen LogP contribution < -0.4 is 9.62 Å². The summed E-state index contributed by atoms with van der Waals surface area (Å²) in [6, 6.07) is 13.1. The molecule has 1 fully saturated rings. The normalized spacial score (nSPS) is 15.6. The molecule has 1 N–H and O–H groups in total. The third-order valence-corrected chi connectivity index (χ3v) is 7.37. The third kappa shape index (κ3) is 5.49. The van der Waals surface area contributed by atoms with Crippen molar-refractivity contribution in [1.82, 2.24) is 0 Å². The van der Waals surface area contributed by atoms with Gasteiger partial charge in [0.15, 0.2) is 0 Å². The van der Waals surface area contributed by atoms with Gasteiger partial charge in [-0.3, -0.25) is 9.10 Å². The van der Waals surface area contributed by atoms with E-state index in [9.17, 15) is 13.2 Å². The zero-order valence-electron chi connectivity index (χ0n) is 15.3. The number of unbranched alkanes of at least 4 members (excludes halogenated alkanes) is 1. The SMILES string of the molecule is O=C(CCCCc1ccc(Br)cc1)Nc1cc(N2CCCS2(=O)=O)ccc1Cl. The first-order valence-corrected chi connectivity index (χ1v) is 12.0. The van der Waals surface area contributed by atoms with E-state index in [1.165, 1.54) is 9.87 Å². The van der Waals surface area contributed by atoms with E-state index in [0.717, 1.165) is 23.7 Å². The lowest BCUT2D eigenvalue weighted by Crippen LogP contribution is -2.25. The molecule has 1 amide bonds. The third-order valence-electron chi connectivity index (χ3n) is 4.64. The average molecular weight is 486 g/mol. The number of carbonyl (C=O) groups excluding carboxylic acids is 1. The fourth-order valence-corrected chi connectivity index (χ4v) is 5.16. The van der Waals surface area contributed by atoms with Crippen LogP contribution in [0.4, 0.5) is 11.4 Å². The Hall–Kier alpha value is -1.57. The number of sulfonamides is 1. The van der Waals surface area contributed by atoms with Gasteiger partial charge in [0.2, 0.25) is 15.9 Å². The van der Waals surface area contributed by atoms with Gasteiger partial charge in [-0.2, -0.15) is 0 Å². The van der Waals surface area contributed by atoms with Crippen molar-refractivity contribution in [3.8, 4) is 0 Å². The Bertz CT molecular complexity index is 948. The van der Waals surface area contributed by atoms with E-state index in [0.29, 0.717) is 35.8 Å². The lowest BCUT2D eigenvalue weighted by molar-refractivity contribution is -0.116. The second-order valence-corrected chi connectivity index (χ2v) is 10.1. The van der Waals surface area contributed by atoms with E-state index < -0.39 is 10.0 Å². The largest absolute Gasteiger partial charge is 0.325 e. The maximum Gasteiger partial charge on any atom is 0.235 e. The molecule has 8 heteroatoms. The van der Waals surface area contributed by atoms with Gasteiger partial charge >= 0.3 is 0 Å². The molecule has 0 radical (unpaired) electrons. The van der Waals surface area contributed by atoms with Crippen molar-refractivity contribution in [2.24, 2.45) is 0 Å². The van der Waals surface area contributed by atoms with Crippen LogP contribution >= 0.6 is 27.5 Å². The van der Waals surface area contributed by atoms with Crippen LogP contribution in [0.5, 0.6) is 0 Å². The molecule has 1 heterocycles. The lowest BCUT2D eigenvalue weighted by Gasteiger charge is -2.18. The number of benzene rings is 2. The minimum absolute atomic E-state index is 0.126. The van der Waals surface area contributed by atoms with E-state index in [1.807, 2.05) is 12.1 Å². The van der Waals surface area contributed by atoms with Crippen molar-refractivity contribution in [2.75, 3.05) is 21.9 Å². The van der Waals surface area contributed by atoms with Gasteiger partial charge in [0.1, 0.15) is 0 Å². The number of hydrogen-bond donors (Lipinski definition) is 1. The molecule has 28 heavy (non-hydrogen) atoms. The Morgan fingerprint density at radius 1 is 1.14 bits per heavy atom. The van der Waals surface area contributed by atoms with Crippen LogP contribution in [0.25, 0.3) is 0 Å². The monoisotopic (exact) mass is 484 g/mol. The Morgan fingerprint density at radius 2 is 1.89 bits per heavy atom. The number of nitrogens with zero attached hydrogens (tertiary/aromatic N) is 1. The summed E-state index contributed by atoms with van der Waals surface area (Å²) in [6.45, 7) is 0.452. The summed E-state index contributed by atoms with van der Waals surface area (Å²) in [6.07, 6.45) is 3.59. The average Bonchev–Trinajstić information content (AvgIpc) is 3.01. The van der Waals surface area contributed by atoms with Crippen LogP contribution in [-0.2, 0) is 21.2 Å². The summed E-state index contributed by atoms with van der Waals surface area (Å²) in [5.74, 6) is 0.0227. The summed E-state index contributed by atoms with van der Waals surface area (Å²) in [4.78, 5) is 12.3. The molecule has 0 atom stereocenters. The second-order valence-electron chi connectivity index (χ2n) is 6.79. The van der Waals surface area contributed by atoms with Crippen molar-refractivity contribution >= 4 is 54.8 Å². The van der Waals surface area contributed by atoms with Crippen LogP contribution in [0.3, 0.4) is 0 Å². The highest BCUT2D eigenvalue weighted by molar-refractivity contribution is 9.10. The van der Waals surface area contributed by atoms with Crippen molar-refractivity contribution in [1.29, 1.82) is 0 Å². The molecular weight excluding hydrogens is 464 g/mol. The number of nitrogens with one attached hydrogen (secondary N) is 1. The number of rotatable bonds is 7. The molecule has 0 aliphatic carbocycles. The summed E-state index contributed by atoms with van der Waals surface area (Å²) < 4.78 is 26.6. The molecule has 2 aromatic rings. The van der Waals surface area contributed by atoms with Gasteiger partial charge in [-0.05, 0) is 61.6 Å². The van der Waals surface area contributed by atoms with E-state index in [4.69, 9.17) is 11.6 Å². The van der Waals surface area contributed by atoms with E-state index in [-0.39, 0.29) is 11.7 Å². The van der Waals surface area contributed by atoms with Gasteiger partial charge in [0.25, 0.3) is 0 Å². The highest BCUT2D eigenvalue weighted by Crippen LogP contribution is 2.31. The minimum atomic E-state index is -3.27. The Labute approximate surface area is 179 Å². The Balaban J connectivity index is 1.53. The zero-order valence-corrected chi connectivity index (χ0v) is 18.5. The topological polar surface area (TPSA) is 66.5 Å². The number of hydrogen-bond acceptors (Lipinski definition) is 3. The molecule has 1 aliphatic heterocycles. The van der Waals surface area contributed by atoms with Crippen LogP contribution in [-0.4, -0.2) is 26.6 Å². The molecule has 3 rings (SSSR count). The van der Waals surface area contributed by atoms with E-state index in [1.54, 1.807) is 18.2 Å². The van der Waals surface area contributed by atoms with Gasteiger partial charge in [0, 0.05) is 17.4 Å². The first-order chi connectivity index (χ1) is 13.3. The number of carbonyl (C=O) groups is 1. The lowest BCUT2D eigenvalue weighted by atomic mass is 10.1. The van der Waals surface area contributed by atoms with Crippen LogP contribution in [0.1, 0.15) is 31.2 Å². The quantitative estimate of drug-likeness (QED) is 0.562. The Morgan fingerprint density at radius 3 is 2.57 bits per heavy atom. The molecule has 1 saturated heterocycles. The van der Waals surface area contributed by atoms with Crippen molar-refractivity contribution in [3.63, 3.8) is 0 Å². The maximum absolute atomic E-state index is 12.3. The van der Waals surface area contributed by atoms with Crippen LogP contribution in [0.2, 0.25) is 5.02 Å². The molecule has 0 unspecified atom stereocenters. The van der Waals surface area contributed by atoms with Gasteiger partial charge in [-0.25, -0.2) is 8.42 Å². The van der Waals surface area contributed by atoms with Gasteiger partial charge in [0.05, 0.1) is 22.2 Å². The summed E-state index contributed by atoms with van der Waals surface area (Å²) >= 11 is 9.60. The molecule has 0 spiro atoms. The predicted octanol–water partition coefficient (Wildman–Crippen LogP) is 4.99. The predicted molar refractivity (Wildman–Crippen MR) is 118 cm³/mol. The number of amides is 1. The molecule has 1 aliphatic rings. The maximum atomic E-state index is 12.3. The first-order valence-electron chi connectivity index (χ1n) is 9.19. The fraction of sp³-hybridized carbons (Fsp3) is 0.350. The molecule has 150 valence electrons. The number of anilines is 2. The van der Waals surface area contributed by atoms with Gasteiger partial charge < -0.3 is 5.32 Å². The van der Waals surface area contributed by atoms with Crippen molar-refractivity contribution in [3.05, 3.63) is 57.5 Å². The standard InChI is InChI=1S/C20H22BrClN2O3S/c21-16-8-6-15(7-9-16)4-1-2-5-20(25)23-19-14-17(10-11-18(19)22)24-12-3-13-28(24,26)27/h6-11,14H,1-5,12-13H2,(H,23,25). The fourth-order valence-electron chi connectivity index (χ4n) is 3.17. The molecule has 0 bridgehead atoms. The number of halogens is 2. The molecular formula is C20H22BrClN2O3S. The summed E-state index contributed by atoms with van der Waals surface area (Å²) in [5.41, 5.74) is 2.22. The van der Waals surface area contributed by atoms with Crippen molar-refractivity contribution in [2.45, 2.75) is 32.1 Å². The second kappa shape index (κ2) is 9.29. The summed E-state index contributed by atoms with van der Waals surface area (Å²) in [5, 5.41) is 3.20. The molecule has 0 aromatic heterocycles. The highest BCUT2D eigenvalue weighted by atomic mass is 79.9. The zero-order chi connectivity index (χ0) is 20.1.